The van der Waals surface area contributed by atoms with E-state index in [2.05, 4.69) is 57.6 Å². The molecule has 1 aliphatic rings. The lowest BCUT2D eigenvalue weighted by atomic mass is 9.95. The van der Waals surface area contributed by atoms with Gasteiger partial charge in [-0.15, -0.1) is 0 Å². The van der Waals surface area contributed by atoms with Crippen molar-refractivity contribution in [1.29, 1.82) is 0 Å². The summed E-state index contributed by atoms with van der Waals surface area (Å²) in [5.41, 5.74) is 2.35. The van der Waals surface area contributed by atoms with Gasteiger partial charge in [-0.1, -0.05) is 46.3 Å². The summed E-state index contributed by atoms with van der Waals surface area (Å²) in [6, 6.07) is 16.7. The van der Waals surface area contributed by atoms with Crippen molar-refractivity contribution in [2.45, 2.75) is 19.3 Å². The van der Waals surface area contributed by atoms with Crippen molar-refractivity contribution in [2.24, 2.45) is 5.92 Å². The molecule has 0 atom stereocenters. The first-order valence-electron chi connectivity index (χ1n) is 8.01. The molecule has 2 nitrogen and oxygen atoms in total. The molecule has 1 aliphatic heterocycles. The molecular formula is C19H22BrNO. The Hall–Kier alpha value is -1.32. The van der Waals surface area contributed by atoms with Gasteiger partial charge in [0.2, 0.25) is 0 Å². The number of piperidine rings is 1. The summed E-state index contributed by atoms with van der Waals surface area (Å²) in [5, 5.41) is 3.41. The van der Waals surface area contributed by atoms with Crippen LogP contribution in [0.2, 0.25) is 0 Å². The molecule has 0 bridgehead atoms. The quantitative estimate of drug-likeness (QED) is 0.820. The Balaban J connectivity index is 1.68. The van der Waals surface area contributed by atoms with Gasteiger partial charge in [-0.25, -0.2) is 0 Å². The van der Waals surface area contributed by atoms with E-state index in [4.69, 9.17) is 4.74 Å². The highest BCUT2D eigenvalue weighted by molar-refractivity contribution is 9.10. The van der Waals surface area contributed by atoms with Gasteiger partial charge in [0.15, 0.2) is 0 Å². The van der Waals surface area contributed by atoms with Crippen LogP contribution in [0.1, 0.15) is 19.3 Å². The molecule has 0 amide bonds. The Bertz CT molecular complexity index is 594. The lowest BCUT2D eigenvalue weighted by molar-refractivity contribution is 0.252. The normalized spacial score (nSPS) is 15.7. The molecule has 22 heavy (non-hydrogen) atoms. The molecule has 1 heterocycles. The van der Waals surface area contributed by atoms with Crippen molar-refractivity contribution in [1.82, 2.24) is 5.32 Å². The Morgan fingerprint density at radius 1 is 1.05 bits per heavy atom. The fraction of sp³-hybridized carbons (Fsp3) is 0.368. The van der Waals surface area contributed by atoms with Crippen molar-refractivity contribution in [2.75, 3.05) is 19.7 Å². The average molecular weight is 360 g/mol. The molecule has 1 fully saturated rings. The Morgan fingerprint density at radius 3 is 2.59 bits per heavy atom. The van der Waals surface area contributed by atoms with Gasteiger partial charge in [0.05, 0.1) is 6.61 Å². The average Bonchev–Trinajstić information content (AvgIpc) is 2.58. The molecule has 116 valence electrons. The van der Waals surface area contributed by atoms with Gasteiger partial charge < -0.3 is 10.1 Å². The Kier molecular flexibility index (Phi) is 5.52. The zero-order chi connectivity index (χ0) is 15.2. The summed E-state index contributed by atoms with van der Waals surface area (Å²) < 4.78 is 7.19. The van der Waals surface area contributed by atoms with Crippen LogP contribution in [0.25, 0.3) is 11.1 Å². The molecule has 0 saturated carbocycles. The van der Waals surface area contributed by atoms with Crippen LogP contribution in [0.15, 0.2) is 53.0 Å². The predicted octanol–water partition coefficient (Wildman–Crippen LogP) is 4.88. The zero-order valence-corrected chi connectivity index (χ0v) is 14.3. The monoisotopic (exact) mass is 359 g/mol. The Labute approximate surface area is 141 Å². The molecule has 3 rings (SSSR count). The molecule has 0 aliphatic carbocycles. The van der Waals surface area contributed by atoms with E-state index < -0.39 is 0 Å². The van der Waals surface area contributed by atoms with Gasteiger partial charge in [0, 0.05) is 10.0 Å². The van der Waals surface area contributed by atoms with E-state index in [0.717, 1.165) is 47.8 Å². The molecule has 1 saturated heterocycles. The first-order valence-corrected chi connectivity index (χ1v) is 8.81. The minimum absolute atomic E-state index is 0.798. The third-order valence-electron chi connectivity index (χ3n) is 4.27. The third-order valence-corrected chi connectivity index (χ3v) is 4.76. The van der Waals surface area contributed by atoms with E-state index in [9.17, 15) is 0 Å². The Morgan fingerprint density at radius 2 is 1.82 bits per heavy atom. The molecule has 0 unspecified atom stereocenters. The fourth-order valence-electron chi connectivity index (χ4n) is 2.98. The molecular weight excluding hydrogens is 338 g/mol. The van der Waals surface area contributed by atoms with Crippen molar-refractivity contribution < 1.29 is 4.74 Å². The van der Waals surface area contributed by atoms with Crippen molar-refractivity contribution >= 4 is 15.9 Å². The minimum Gasteiger partial charge on any atom is -0.493 e. The maximum Gasteiger partial charge on any atom is 0.127 e. The molecule has 1 N–H and O–H groups in total. The van der Waals surface area contributed by atoms with Crippen LogP contribution in [0.3, 0.4) is 0 Å². The number of ether oxygens (including phenoxy) is 1. The molecule has 0 radical (unpaired) electrons. The van der Waals surface area contributed by atoms with Crippen LogP contribution in [0.4, 0.5) is 0 Å². The lowest BCUT2D eigenvalue weighted by Crippen LogP contribution is -2.28. The van der Waals surface area contributed by atoms with Crippen molar-refractivity contribution in [3.8, 4) is 16.9 Å². The zero-order valence-electron chi connectivity index (χ0n) is 12.7. The second-order valence-corrected chi connectivity index (χ2v) is 6.75. The number of halogens is 1. The summed E-state index contributed by atoms with van der Waals surface area (Å²) in [5.74, 6) is 1.78. The van der Waals surface area contributed by atoms with Crippen LogP contribution in [0, 0.1) is 5.92 Å². The van der Waals surface area contributed by atoms with Gasteiger partial charge >= 0.3 is 0 Å². The van der Waals surface area contributed by atoms with E-state index in [1.165, 1.54) is 18.4 Å². The van der Waals surface area contributed by atoms with Crippen LogP contribution in [0.5, 0.6) is 5.75 Å². The SMILES string of the molecule is Brc1ccc(OCCC2CCNCC2)c(-c2ccccc2)c1. The van der Waals surface area contributed by atoms with Crippen LogP contribution < -0.4 is 10.1 Å². The number of benzene rings is 2. The maximum atomic E-state index is 6.11. The summed E-state index contributed by atoms with van der Waals surface area (Å²) >= 11 is 3.56. The smallest absolute Gasteiger partial charge is 0.127 e. The van der Waals surface area contributed by atoms with E-state index in [1.54, 1.807) is 0 Å². The van der Waals surface area contributed by atoms with Crippen LogP contribution in [-0.4, -0.2) is 19.7 Å². The second kappa shape index (κ2) is 7.80. The van der Waals surface area contributed by atoms with Crippen LogP contribution in [-0.2, 0) is 0 Å². The first-order chi connectivity index (χ1) is 10.8. The van der Waals surface area contributed by atoms with Gasteiger partial charge in [-0.3, -0.25) is 0 Å². The highest BCUT2D eigenvalue weighted by atomic mass is 79.9. The summed E-state index contributed by atoms with van der Waals surface area (Å²) in [6.45, 7) is 3.10. The van der Waals surface area contributed by atoms with E-state index in [0.29, 0.717) is 0 Å². The van der Waals surface area contributed by atoms with E-state index in [1.807, 2.05) is 12.1 Å². The predicted molar refractivity (Wildman–Crippen MR) is 95.3 cm³/mol. The fourth-order valence-corrected chi connectivity index (χ4v) is 3.34. The summed E-state index contributed by atoms with van der Waals surface area (Å²) in [4.78, 5) is 0. The summed E-state index contributed by atoms with van der Waals surface area (Å²) in [6.07, 6.45) is 3.69. The largest absolute Gasteiger partial charge is 0.493 e. The van der Waals surface area contributed by atoms with Gasteiger partial charge in [0.1, 0.15) is 5.75 Å². The van der Waals surface area contributed by atoms with Gasteiger partial charge in [-0.05, 0) is 62.0 Å². The number of hydrogen-bond donors (Lipinski definition) is 1. The highest BCUT2D eigenvalue weighted by Gasteiger charge is 2.13. The molecule has 0 spiro atoms. The standard InChI is InChI=1S/C19H22BrNO/c20-17-6-7-19(18(14-17)16-4-2-1-3-5-16)22-13-10-15-8-11-21-12-9-15/h1-7,14-15,21H,8-13H2. The topological polar surface area (TPSA) is 21.3 Å². The third kappa shape index (κ3) is 4.11. The van der Waals surface area contributed by atoms with Gasteiger partial charge in [-0.2, -0.15) is 0 Å². The van der Waals surface area contributed by atoms with Gasteiger partial charge in [0.25, 0.3) is 0 Å². The summed E-state index contributed by atoms with van der Waals surface area (Å²) in [7, 11) is 0. The maximum absolute atomic E-state index is 6.11. The lowest BCUT2D eigenvalue weighted by Gasteiger charge is -2.22. The van der Waals surface area contributed by atoms with Crippen LogP contribution >= 0.6 is 15.9 Å². The minimum atomic E-state index is 0.798. The molecule has 3 heteroatoms. The van der Waals surface area contributed by atoms with Crippen molar-refractivity contribution in [3.05, 3.63) is 53.0 Å². The molecule has 0 aromatic heterocycles. The van der Waals surface area contributed by atoms with Crippen molar-refractivity contribution in [3.63, 3.8) is 0 Å². The second-order valence-electron chi connectivity index (χ2n) is 5.84. The molecule has 2 aromatic carbocycles. The molecule has 2 aromatic rings. The number of nitrogens with one attached hydrogen (secondary N) is 1. The van der Waals surface area contributed by atoms with E-state index in [-0.39, 0.29) is 0 Å². The number of rotatable bonds is 5. The van der Waals surface area contributed by atoms with E-state index >= 15 is 0 Å². The number of hydrogen-bond acceptors (Lipinski definition) is 2. The first kappa shape index (κ1) is 15.6. The highest BCUT2D eigenvalue weighted by Crippen LogP contribution is 2.33.